The topological polar surface area (TPSA) is 80.3 Å². The lowest BCUT2D eigenvalue weighted by molar-refractivity contribution is -0.120. The quantitative estimate of drug-likeness (QED) is 0.363. The summed E-state index contributed by atoms with van der Waals surface area (Å²) in [6.07, 6.45) is 5.30. The number of carbonyl (C=O) groups excluding carboxylic acids is 2. The molecule has 0 aliphatic carbocycles. The first-order chi connectivity index (χ1) is 11.6. The van der Waals surface area contributed by atoms with Crippen LogP contribution in [-0.4, -0.2) is 21.7 Å². The van der Waals surface area contributed by atoms with E-state index in [0.717, 1.165) is 32.1 Å². The van der Waals surface area contributed by atoms with Crippen LogP contribution in [0.25, 0.3) is 0 Å². The minimum Gasteiger partial charge on any atom is -0.292 e. The molecule has 2 amide bonds. The molecular weight excluding hydrogens is 542 g/mol. The van der Waals surface area contributed by atoms with Gasteiger partial charge >= 0.3 is 0 Å². The van der Waals surface area contributed by atoms with E-state index in [1.807, 2.05) is 0 Å². The fourth-order valence-electron chi connectivity index (χ4n) is 2.09. The summed E-state index contributed by atoms with van der Waals surface area (Å²) < 4.78 is 23.2. The SMILES string of the molecule is CCCCCCCC(=O)NC(=O)c1cccc(S(=O)(=O)C(Br)(Br)Br)c1. The van der Waals surface area contributed by atoms with E-state index in [0.29, 0.717) is 0 Å². The molecule has 0 unspecified atom stereocenters. The third kappa shape index (κ3) is 7.11. The molecule has 0 aliphatic heterocycles. The van der Waals surface area contributed by atoms with Gasteiger partial charge in [-0.1, -0.05) is 38.7 Å². The van der Waals surface area contributed by atoms with Gasteiger partial charge in [-0.05, 0) is 72.4 Å². The highest BCUT2D eigenvalue weighted by molar-refractivity contribution is 9.42. The van der Waals surface area contributed by atoms with Crippen LogP contribution in [0.2, 0.25) is 0 Å². The largest absolute Gasteiger partial charge is 0.292 e. The minimum absolute atomic E-state index is 0.0576. The zero-order chi connectivity index (χ0) is 19.1. The number of hydrogen-bond donors (Lipinski definition) is 1. The van der Waals surface area contributed by atoms with Crippen molar-refractivity contribution in [3.63, 3.8) is 0 Å². The Kier molecular flexibility index (Phi) is 9.28. The average Bonchev–Trinajstić information content (AvgIpc) is 2.53. The Balaban J connectivity index is 2.71. The van der Waals surface area contributed by atoms with Crippen molar-refractivity contribution in [2.45, 2.75) is 51.8 Å². The molecule has 25 heavy (non-hydrogen) atoms. The van der Waals surface area contributed by atoms with Gasteiger partial charge in [-0.2, -0.15) is 0 Å². The van der Waals surface area contributed by atoms with Crippen LogP contribution in [0.5, 0.6) is 0 Å². The van der Waals surface area contributed by atoms with Crippen molar-refractivity contribution in [3.05, 3.63) is 29.8 Å². The average molecular weight is 562 g/mol. The zero-order valence-corrected chi connectivity index (χ0v) is 19.3. The molecule has 0 aromatic heterocycles. The maximum atomic E-state index is 12.3. The molecule has 0 spiro atoms. The van der Waals surface area contributed by atoms with E-state index in [-0.39, 0.29) is 22.8 Å². The molecule has 0 saturated heterocycles. The Morgan fingerprint density at radius 3 is 2.32 bits per heavy atom. The molecular formula is C16H20Br3NO4S. The Morgan fingerprint density at radius 2 is 1.72 bits per heavy atom. The number of hydrogen-bond acceptors (Lipinski definition) is 4. The molecule has 0 bridgehead atoms. The Hall–Kier alpha value is -0.250. The molecule has 1 aromatic rings. The monoisotopic (exact) mass is 559 g/mol. The molecule has 9 heteroatoms. The highest BCUT2D eigenvalue weighted by Gasteiger charge is 2.37. The van der Waals surface area contributed by atoms with Crippen LogP contribution in [0.3, 0.4) is 0 Å². The van der Waals surface area contributed by atoms with Crippen LogP contribution >= 0.6 is 47.8 Å². The van der Waals surface area contributed by atoms with Crippen molar-refractivity contribution in [2.24, 2.45) is 0 Å². The van der Waals surface area contributed by atoms with Gasteiger partial charge in [-0.25, -0.2) is 8.42 Å². The Bertz CT molecular complexity index is 714. The van der Waals surface area contributed by atoms with Crippen molar-refractivity contribution in [1.82, 2.24) is 5.32 Å². The summed E-state index contributed by atoms with van der Waals surface area (Å²) in [6, 6.07) is 5.52. The lowest BCUT2D eigenvalue weighted by atomic mass is 10.1. The summed E-state index contributed by atoms with van der Waals surface area (Å²) in [4.78, 5) is 23.9. The van der Waals surface area contributed by atoms with Crippen LogP contribution in [0.4, 0.5) is 0 Å². The van der Waals surface area contributed by atoms with Crippen molar-refractivity contribution in [1.29, 1.82) is 0 Å². The van der Waals surface area contributed by atoms with Crippen molar-refractivity contribution in [3.8, 4) is 0 Å². The smallest absolute Gasteiger partial charge is 0.257 e. The number of amides is 2. The van der Waals surface area contributed by atoms with Crippen LogP contribution in [0, 0.1) is 0 Å². The fourth-order valence-corrected chi connectivity index (χ4v) is 4.58. The summed E-state index contributed by atoms with van der Waals surface area (Å²) in [6.45, 7) is 2.12. The van der Waals surface area contributed by atoms with Gasteiger partial charge in [0.2, 0.25) is 17.2 Å². The zero-order valence-electron chi connectivity index (χ0n) is 13.7. The molecule has 0 saturated carbocycles. The number of unbranched alkanes of at least 4 members (excludes halogenated alkanes) is 4. The predicted molar refractivity (Wildman–Crippen MR) is 109 cm³/mol. The standard InChI is InChI=1S/C16H20Br3NO4S/c1-2-3-4-5-6-10-14(21)20-15(22)12-8-7-9-13(11-12)25(23,24)16(17,18)19/h7-9,11H,2-6,10H2,1H3,(H,20,21,22). The predicted octanol–water partition coefficient (Wildman–Crippen LogP) is 4.87. The molecule has 0 atom stereocenters. The molecule has 0 heterocycles. The summed E-state index contributed by atoms with van der Waals surface area (Å²) >= 11 is 8.93. The summed E-state index contributed by atoms with van der Waals surface area (Å²) in [5.74, 6) is -0.967. The maximum absolute atomic E-state index is 12.3. The third-order valence-corrected chi connectivity index (χ3v) is 8.79. The molecule has 1 aromatic carbocycles. The Morgan fingerprint density at radius 1 is 1.08 bits per heavy atom. The first-order valence-corrected chi connectivity index (χ1v) is 11.7. The van der Waals surface area contributed by atoms with E-state index in [1.165, 1.54) is 24.3 Å². The van der Waals surface area contributed by atoms with Crippen LogP contribution in [-0.2, 0) is 14.6 Å². The van der Waals surface area contributed by atoms with Gasteiger partial charge in [0.1, 0.15) is 0 Å². The number of halogens is 3. The van der Waals surface area contributed by atoms with E-state index in [4.69, 9.17) is 0 Å². The maximum Gasteiger partial charge on any atom is 0.257 e. The number of nitrogens with one attached hydrogen (secondary N) is 1. The van der Waals surface area contributed by atoms with Crippen LogP contribution in [0.15, 0.2) is 29.2 Å². The molecule has 0 radical (unpaired) electrons. The molecule has 0 aliphatic rings. The summed E-state index contributed by atoms with van der Waals surface area (Å²) in [7, 11) is -3.80. The van der Waals surface area contributed by atoms with E-state index >= 15 is 0 Å². The lowest BCUT2D eigenvalue weighted by Gasteiger charge is -2.14. The second-order valence-electron chi connectivity index (χ2n) is 5.52. The van der Waals surface area contributed by atoms with Crippen molar-refractivity contribution < 1.29 is 18.0 Å². The van der Waals surface area contributed by atoms with E-state index in [9.17, 15) is 18.0 Å². The van der Waals surface area contributed by atoms with E-state index in [1.54, 1.807) is 0 Å². The highest BCUT2D eigenvalue weighted by Crippen LogP contribution is 2.43. The number of rotatable bonds is 8. The van der Waals surface area contributed by atoms with Gasteiger partial charge in [0.15, 0.2) is 0 Å². The van der Waals surface area contributed by atoms with Gasteiger partial charge in [0.05, 0.1) is 4.90 Å². The van der Waals surface area contributed by atoms with Gasteiger partial charge in [0, 0.05) is 12.0 Å². The molecule has 1 N–H and O–H groups in total. The number of benzene rings is 1. The first kappa shape index (κ1) is 22.8. The van der Waals surface area contributed by atoms with Crippen LogP contribution in [0.1, 0.15) is 55.8 Å². The number of alkyl halides is 3. The summed E-state index contributed by atoms with van der Waals surface area (Å²) in [5, 5.41) is 2.30. The molecule has 140 valence electrons. The molecule has 1 rings (SSSR count). The number of sulfone groups is 1. The second kappa shape index (κ2) is 10.2. The minimum atomic E-state index is -3.80. The highest BCUT2D eigenvalue weighted by atomic mass is 80.0. The normalized spacial score (nSPS) is 12.0. The third-order valence-electron chi connectivity index (χ3n) is 3.47. The van der Waals surface area contributed by atoms with Gasteiger partial charge < -0.3 is 0 Å². The van der Waals surface area contributed by atoms with E-state index in [2.05, 4.69) is 60.0 Å². The van der Waals surface area contributed by atoms with Crippen molar-refractivity contribution >= 4 is 69.4 Å². The Labute approximate surface area is 173 Å². The first-order valence-electron chi connectivity index (χ1n) is 7.85. The van der Waals surface area contributed by atoms with E-state index < -0.39 is 17.2 Å². The fraction of sp³-hybridized carbons (Fsp3) is 0.500. The number of imide groups is 1. The molecule has 5 nitrogen and oxygen atoms in total. The van der Waals surface area contributed by atoms with Gasteiger partial charge in [0.25, 0.3) is 5.91 Å². The van der Waals surface area contributed by atoms with Crippen LogP contribution < -0.4 is 5.32 Å². The number of carbonyl (C=O) groups is 2. The molecule has 0 fully saturated rings. The van der Waals surface area contributed by atoms with Gasteiger partial charge in [-0.15, -0.1) is 0 Å². The lowest BCUT2D eigenvalue weighted by Crippen LogP contribution is -2.30. The van der Waals surface area contributed by atoms with Crippen molar-refractivity contribution in [2.75, 3.05) is 0 Å². The summed E-state index contributed by atoms with van der Waals surface area (Å²) in [5.41, 5.74) is 0.108. The van der Waals surface area contributed by atoms with Gasteiger partial charge in [-0.3, -0.25) is 14.9 Å². The second-order valence-corrected chi connectivity index (χ2v) is 15.9.